The Morgan fingerprint density at radius 1 is 1.25 bits per heavy atom. The Balaban J connectivity index is 1.98. The molecule has 0 unspecified atom stereocenters. The van der Waals surface area contributed by atoms with Crippen LogP contribution in [0.3, 0.4) is 0 Å². The predicted octanol–water partition coefficient (Wildman–Crippen LogP) is 3.73. The molecular weight excluding hydrogens is 378 g/mol. The molecule has 0 saturated heterocycles. The molecule has 0 aliphatic rings. The van der Waals surface area contributed by atoms with Crippen molar-refractivity contribution in [1.82, 2.24) is 19.4 Å². The highest BCUT2D eigenvalue weighted by atomic mass is 19.4. The molecule has 2 heterocycles. The second kappa shape index (κ2) is 7.10. The maximum absolute atomic E-state index is 14.3. The molecule has 10 heteroatoms. The fourth-order valence-electron chi connectivity index (χ4n) is 2.68. The topological polar surface area (TPSA) is 63.1 Å². The van der Waals surface area contributed by atoms with Gasteiger partial charge in [0.2, 0.25) is 5.91 Å². The number of aryl methyl sites for hydroxylation is 1. The van der Waals surface area contributed by atoms with Crippen LogP contribution >= 0.6 is 0 Å². The largest absolute Gasteiger partial charge is 0.416 e. The Kier molecular flexibility index (Phi) is 4.97. The van der Waals surface area contributed by atoms with Gasteiger partial charge in [0.15, 0.2) is 5.82 Å². The van der Waals surface area contributed by atoms with Gasteiger partial charge in [-0.1, -0.05) is 0 Å². The second-order valence-electron chi connectivity index (χ2n) is 6.46. The molecule has 3 rings (SSSR count). The van der Waals surface area contributed by atoms with Crippen molar-refractivity contribution in [2.45, 2.75) is 19.6 Å². The SMILES string of the molecule is Cc1cc(C(F)(F)F)cc(F)c1Nc1nccc2c1ncn2CC(=O)N(C)C. The number of nitrogens with one attached hydrogen (secondary N) is 1. The Morgan fingerprint density at radius 2 is 1.96 bits per heavy atom. The number of hydrogen-bond acceptors (Lipinski definition) is 4. The number of aromatic nitrogens is 3. The summed E-state index contributed by atoms with van der Waals surface area (Å²) in [6.45, 7) is 1.43. The summed E-state index contributed by atoms with van der Waals surface area (Å²) >= 11 is 0. The van der Waals surface area contributed by atoms with E-state index in [1.165, 1.54) is 24.3 Å². The van der Waals surface area contributed by atoms with Gasteiger partial charge < -0.3 is 14.8 Å². The molecule has 0 bridgehead atoms. The number of alkyl halides is 3. The van der Waals surface area contributed by atoms with Gasteiger partial charge >= 0.3 is 6.18 Å². The first-order chi connectivity index (χ1) is 13.1. The zero-order valence-electron chi connectivity index (χ0n) is 15.3. The molecule has 1 amide bonds. The van der Waals surface area contributed by atoms with Crippen LogP contribution in [0, 0.1) is 12.7 Å². The minimum atomic E-state index is -4.64. The molecule has 2 aromatic heterocycles. The third kappa shape index (κ3) is 3.75. The fourth-order valence-corrected chi connectivity index (χ4v) is 2.68. The van der Waals surface area contributed by atoms with Gasteiger partial charge in [0, 0.05) is 20.3 Å². The molecule has 0 atom stereocenters. The van der Waals surface area contributed by atoms with Crippen LogP contribution in [0.1, 0.15) is 11.1 Å². The molecule has 0 radical (unpaired) electrons. The first kappa shape index (κ1) is 19.6. The molecule has 0 spiro atoms. The minimum absolute atomic E-state index is 0.0562. The summed E-state index contributed by atoms with van der Waals surface area (Å²) in [5.41, 5.74) is -0.156. The first-order valence-corrected chi connectivity index (χ1v) is 8.22. The molecule has 148 valence electrons. The normalized spacial score (nSPS) is 11.7. The molecule has 3 aromatic rings. The maximum Gasteiger partial charge on any atom is 0.416 e. The molecule has 0 fully saturated rings. The molecule has 0 aliphatic heterocycles. The van der Waals surface area contributed by atoms with Gasteiger partial charge in [0.25, 0.3) is 0 Å². The van der Waals surface area contributed by atoms with E-state index in [0.29, 0.717) is 17.1 Å². The van der Waals surface area contributed by atoms with Crippen molar-refractivity contribution in [2.24, 2.45) is 0 Å². The number of rotatable bonds is 4. The first-order valence-electron chi connectivity index (χ1n) is 8.22. The van der Waals surface area contributed by atoms with Crippen LogP contribution in [-0.4, -0.2) is 39.4 Å². The summed E-state index contributed by atoms with van der Waals surface area (Å²) in [7, 11) is 3.26. The number of pyridine rings is 1. The van der Waals surface area contributed by atoms with Gasteiger partial charge in [-0.2, -0.15) is 13.2 Å². The molecule has 1 N–H and O–H groups in total. The Bertz CT molecular complexity index is 1020. The lowest BCUT2D eigenvalue weighted by Gasteiger charge is -2.14. The van der Waals surface area contributed by atoms with E-state index >= 15 is 0 Å². The number of fused-ring (bicyclic) bond motifs is 1. The number of benzene rings is 1. The summed E-state index contributed by atoms with van der Waals surface area (Å²) in [6, 6.07) is 2.94. The average Bonchev–Trinajstić information content (AvgIpc) is 3.00. The van der Waals surface area contributed by atoms with Gasteiger partial charge in [-0.15, -0.1) is 0 Å². The highest BCUT2D eigenvalue weighted by molar-refractivity contribution is 5.89. The Labute approximate surface area is 157 Å². The van der Waals surface area contributed by atoms with E-state index in [1.54, 1.807) is 24.7 Å². The zero-order chi connectivity index (χ0) is 20.6. The van der Waals surface area contributed by atoms with Crippen LogP contribution in [0.5, 0.6) is 0 Å². The van der Waals surface area contributed by atoms with E-state index in [2.05, 4.69) is 15.3 Å². The number of amides is 1. The highest BCUT2D eigenvalue weighted by Crippen LogP contribution is 2.34. The molecular formula is C18H17F4N5O. The fraction of sp³-hybridized carbons (Fsp3) is 0.278. The number of carbonyl (C=O) groups excluding carboxylic acids is 1. The zero-order valence-corrected chi connectivity index (χ0v) is 15.3. The standard InChI is InChI=1S/C18H17F4N5O/c1-10-6-11(18(20,21)22)7-12(19)15(10)25-17-16-13(4-5-23-17)27(9-24-16)8-14(28)26(2)3/h4-7,9H,8H2,1-3H3,(H,23,25). The van der Waals surface area contributed by atoms with Gasteiger partial charge in [-0.3, -0.25) is 4.79 Å². The predicted molar refractivity (Wildman–Crippen MR) is 95.6 cm³/mol. The lowest BCUT2D eigenvalue weighted by atomic mass is 10.1. The van der Waals surface area contributed by atoms with E-state index in [4.69, 9.17) is 0 Å². The van der Waals surface area contributed by atoms with Crippen molar-refractivity contribution in [3.63, 3.8) is 0 Å². The van der Waals surface area contributed by atoms with E-state index in [0.717, 1.165) is 6.07 Å². The molecule has 6 nitrogen and oxygen atoms in total. The Morgan fingerprint density at radius 3 is 2.57 bits per heavy atom. The number of carbonyl (C=O) groups is 1. The van der Waals surface area contributed by atoms with Crippen LogP contribution in [-0.2, 0) is 17.5 Å². The van der Waals surface area contributed by atoms with Crippen LogP contribution in [0.2, 0.25) is 0 Å². The lowest BCUT2D eigenvalue weighted by molar-refractivity contribution is -0.137. The van der Waals surface area contributed by atoms with Gasteiger partial charge in [0.05, 0.1) is 23.1 Å². The summed E-state index contributed by atoms with van der Waals surface area (Å²) in [4.78, 5) is 21.7. The monoisotopic (exact) mass is 395 g/mol. The van der Waals surface area contributed by atoms with Crippen molar-refractivity contribution < 1.29 is 22.4 Å². The van der Waals surface area contributed by atoms with Crippen LogP contribution in [0.15, 0.2) is 30.7 Å². The summed E-state index contributed by atoms with van der Waals surface area (Å²) in [5.74, 6) is -1.01. The van der Waals surface area contributed by atoms with Crippen molar-refractivity contribution in [3.05, 3.63) is 47.7 Å². The highest BCUT2D eigenvalue weighted by Gasteiger charge is 2.32. The maximum atomic E-state index is 14.3. The van der Waals surface area contributed by atoms with Crippen molar-refractivity contribution >= 4 is 28.4 Å². The Hall–Kier alpha value is -3.17. The summed E-state index contributed by atoms with van der Waals surface area (Å²) in [5, 5.41) is 2.73. The molecule has 0 saturated carbocycles. The second-order valence-corrected chi connectivity index (χ2v) is 6.46. The molecule has 1 aromatic carbocycles. The minimum Gasteiger partial charge on any atom is -0.347 e. The van der Waals surface area contributed by atoms with E-state index in [-0.39, 0.29) is 29.5 Å². The third-order valence-electron chi connectivity index (χ3n) is 4.20. The van der Waals surface area contributed by atoms with E-state index < -0.39 is 17.6 Å². The van der Waals surface area contributed by atoms with Gasteiger partial charge in [-0.05, 0) is 30.7 Å². The van der Waals surface area contributed by atoms with Gasteiger partial charge in [-0.25, -0.2) is 14.4 Å². The van der Waals surface area contributed by atoms with E-state index in [1.807, 2.05) is 0 Å². The molecule has 0 aliphatic carbocycles. The number of halogens is 4. The number of anilines is 2. The smallest absolute Gasteiger partial charge is 0.347 e. The van der Waals surface area contributed by atoms with E-state index in [9.17, 15) is 22.4 Å². The van der Waals surface area contributed by atoms with Crippen LogP contribution in [0.25, 0.3) is 11.0 Å². The van der Waals surface area contributed by atoms with Crippen molar-refractivity contribution in [2.75, 3.05) is 19.4 Å². The quantitative estimate of drug-likeness (QED) is 0.684. The van der Waals surface area contributed by atoms with Crippen LogP contribution < -0.4 is 5.32 Å². The lowest BCUT2D eigenvalue weighted by Crippen LogP contribution is -2.25. The van der Waals surface area contributed by atoms with Gasteiger partial charge in [0.1, 0.15) is 17.9 Å². The number of likely N-dealkylation sites (N-methyl/N-ethyl adjacent to an activating group) is 1. The number of hydrogen-bond donors (Lipinski definition) is 1. The van der Waals surface area contributed by atoms with Crippen molar-refractivity contribution in [3.8, 4) is 0 Å². The van der Waals surface area contributed by atoms with Crippen LogP contribution in [0.4, 0.5) is 29.1 Å². The summed E-state index contributed by atoms with van der Waals surface area (Å²) in [6.07, 6.45) is -1.74. The average molecular weight is 395 g/mol. The summed E-state index contributed by atoms with van der Waals surface area (Å²) < 4.78 is 54.4. The molecule has 28 heavy (non-hydrogen) atoms. The number of imidazole rings is 1. The third-order valence-corrected chi connectivity index (χ3v) is 4.20. The number of nitrogens with zero attached hydrogens (tertiary/aromatic N) is 4. The van der Waals surface area contributed by atoms with Crippen molar-refractivity contribution in [1.29, 1.82) is 0 Å².